The van der Waals surface area contributed by atoms with E-state index in [0.717, 1.165) is 24.5 Å². The number of nitrogens with zero attached hydrogens (tertiary/aromatic N) is 1. The van der Waals surface area contributed by atoms with Crippen molar-refractivity contribution in [2.45, 2.75) is 18.9 Å². The molecule has 1 heterocycles. The molecule has 1 saturated heterocycles. The number of amides is 1. The molecule has 0 aliphatic carbocycles. The third-order valence-electron chi connectivity index (χ3n) is 4.08. The maximum absolute atomic E-state index is 12.2. The van der Waals surface area contributed by atoms with Gasteiger partial charge in [-0.1, -0.05) is 0 Å². The van der Waals surface area contributed by atoms with Crippen LogP contribution in [0.3, 0.4) is 0 Å². The number of nitrogens with one attached hydrogen (secondary N) is 1. The standard InChI is InChI=1S/C18H28N2O4S.ClH/c1-20(18(21)9-14-13-25-8-5-19-14)6-4-7-24-17-11-15(22-2)10-16(12-17)23-3;/h10-12,14,19H,4-9,13H2,1-3H3;1H. The van der Waals surface area contributed by atoms with Gasteiger partial charge in [-0.3, -0.25) is 4.79 Å². The zero-order chi connectivity index (χ0) is 18.1. The van der Waals surface area contributed by atoms with E-state index in [2.05, 4.69) is 5.32 Å². The Morgan fingerprint density at radius 3 is 2.46 bits per heavy atom. The van der Waals surface area contributed by atoms with E-state index in [1.165, 1.54) is 0 Å². The molecule has 1 aromatic carbocycles. The largest absolute Gasteiger partial charge is 0.496 e. The van der Waals surface area contributed by atoms with Crippen molar-refractivity contribution in [1.29, 1.82) is 0 Å². The van der Waals surface area contributed by atoms with Crippen LogP contribution in [0.25, 0.3) is 0 Å². The second kappa shape index (κ2) is 12.1. The van der Waals surface area contributed by atoms with E-state index in [1.54, 1.807) is 25.2 Å². The zero-order valence-corrected chi connectivity index (χ0v) is 17.3. The second-order valence-corrected chi connectivity index (χ2v) is 7.15. The Morgan fingerprint density at radius 2 is 1.88 bits per heavy atom. The first-order chi connectivity index (χ1) is 12.1. The SMILES string of the molecule is COc1cc(OC)cc(OCCCN(C)C(=O)CC2CSCCN2)c1.Cl. The Hall–Kier alpha value is -1.31. The first kappa shape index (κ1) is 22.7. The summed E-state index contributed by atoms with van der Waals surface area (Å²) in [6.07, 6.45) is 1.34. The molecule has 6 nitrogen and oxygen atoms in total. The molecule has 1 fully saturated rings. The molecule has 0 bridgehead atoms. The minimum Gasteiger partial charge on any atom is -0.496 e. The molecular weight excluding hydrogens is 376 g/mol. The van der Waals surface area contributed by atoms with Crippen LogP contribution in [0.5, 0.6) is 17.2 Å². The Balaban J connectivity index is 0.00000338. The van der Waals surface area contributed by atoms with E-state index in [0.29, 0.717) is 42.9 Å². The number of hydrogen-bond acceptors (Lipinski definition) is 6. The van der Waals surface area contributed by atoms with Crippen LogP contribution in [-0.4, -0.2) is 69.3 Å². The van der Waals surface area contributed by atoms with Crippen molar-refractivity contribution < 1.29 is 19.0 Å². The molecule has 1 atom stereocenters. The fraction of sp³-hybridized carbons (Fsp3) is 0.611. The number of halogens is 1. The van der Waals surface area contributed by atoms with Crippen molar-refractivity contribution in [2.24, 2.45) is 0 Å². The van der Waals surface area contributed by atoms with E-state index in [4.69, 9.17) is 14.2 Å². The highest BCUT2D eigenvalue weighted by atomic mass is 35.5. The quantitative estimate of drug-likeness (QED) is 0.638. The van der Waals surface area contributed by atoms with Gasteiger partial charge in [0.15, 0.2) is 0 Å². The molecule has 1 aliphatic heterocycles. The molecular formula is C18H29ClN2O4S. The molecule has 148 valence electrons. The number of methoxy groups -OCH3 is 2. The van der Waals surface area contributed by atoms with Gasteiger partial charge in [-0.15, -0.1) is 12.4 Å². The highest BCUT2D eigenvalue weighted by Gasteiger charge is 2.18. The lowest BCUT2D eigenvalue weighted by atomic mass is 10.2. The first-order valence-corrected chi connectivity index (χ1v) is 9.69. The van der Waals surface area contributed by atoms with Gasteiger partial charge in [0.05, 0.1) is 20.8 Å². The van der Waals surface area contributed by atoms with Gasteiger partial charge in [0.1, 0.15) is 17.2 Å². The fourth-order valence-corrected chi connectivity index (χ4v) is 3.55. The van der Waals surface area contributed by atoms with Crippen LogP contribution in [0.1, 0.15) is 12.8 Å². The van der Waals surface area contributed by atoms with Crippen LogP contribution >= 0.6 is 24.2 Å². The summed E-state index contributed by atoms with van der Waals surface area (Å²) in [4.78, 5) is 14.0. The van der Waals surface area contributed by atoms with E-state index in [1.807, 2.05) is 30.9 Å². The lowest BCUT2D eigenvalue weighted by Gasteiger charge is -2.25. The third kappa shape index (κ3) is 7.51. The molecule has 1 aliphatic rings. The van der Waals surface area contributed by atoms with Gasteiger partial charge >= 0.3 is 0 Å². The molecule has 1 unspecified atom stereocenters. The monoisotopic (exact) mass is 404 g/mol. The van der Waals surface area contributed by atoms with Gasteiger partial charge in [-0.2, -0.15) is 11.8 Å². The third-order valence-corrected chi connectivity index (χ3v) is 5.21. The van der Waals surface area contributed by atoms with Crippen LogP contribution < -0.4 is 19.5 Å². The molecule has 0 spiro atoms. The molecule has 1 N–H and O–H groups in total. The number of benzene rings is 1. The maximum Gasteiger partial charge on any atom is 0.223 e. The number of hydrogen-bond donors (Lipinski definition) is 1. The lowest BCUT2D eigenvalue weighted by molar-refractivity contribution is -0.130. The molecule has 26 heavy (non-hydrogen) atoms. The average molecular weight is 405 g/mol. The minimum absolute atomic E-state index is 0. The van der Waals surface area contributed by atoms with Gasteiger partial charge in [-0.05, 0) is 6.42 Å². The van der Waals surface area contributed by atoms with Crippen LogP contribution in [0, 0.1) is 0 Å². The van der Waals surface area contributed by atoms with E-state index in [-0.39, 0.29) is 18.3 Å². The van der Waals surface area contributed by atoms with Crippen LogP contribution in [-0.2, 0) is 4.79 Å². The normalized spacial score (nSPS) is 16.3. The molecule has 0 aromatic heterocycles. The predicted octanol–water partition coefficient (Wildman–Crippen LogP) is 2.45. The first-order valence-electron chi connectivity index (χ1n) is 8.53. The maximum atomic E-state index is 12.2. The van der Waals surface area contributed by atoms with Gasteiger partial charge in [0, 0.05) is 62.3 Å². The van der Waals surface area contributed by atoms with Crippen molar-refractivity contribution in [2.75, 3.05) is 52.5 Å². The van der Waals surface area contributed by atoms with Gasteiger partial charge in [0.2, 0.25) is 5.91 Å². The summed E-state index contributed by atoms with van der Waals surface area (Å²) < 4.78 is 16.2. The number of carbonyl (C=O) groups excluding carboxylic acids is 1. The molecule has 0 saturated carbocycles. The molecule has 8 heteroatoms. The number of ether oxygens (including phenoxy) is 3. The predicted molar refractivity (Wildman–Crippen MR) is 108 cm³/mol. The topological polar surface area (TPSA) is 60.0 Å². The Morgan fingerprint density at radius 1 is 1.23 bits per heavy atom. The van der Waals surface area contributed by atoms with E-state index in [9.17, 15) is 4.79 Å². The van der Waals surface area contributed by atoms with Gasteiger partial charge in [-0.25, -0.2) is 0 Å². The summed E-state index contributed by atoms with van der Waals surface area (Å²) in [5.74, 6) is 4.42. The summed E-state index contributed by atoms with van der Waals surface area (Å²) in [7, 11) is 5.07. The number of rotatable bonds is 9. The highest BCUT2D eigenvalue weighted by Crippen LogP contribution is 2.27. The molecule has 1 aromatic rings. The Labute approximate surface area is 166 Å². The molecule has 2 rings (SSSR count). The lowest BCUT2D eigenvalue weighted by Crippen LogP contribution is -2.42. The van der Waals surface area contributed by atoms with Gasteiger partial charge in [0.25, 0.3) is 0 Å². The highest BCUT2D eigenvalue weighted by molar-refractivity contribution is 7.99. The van der Waals surface area contributed by atoms with Gasteiger partial charge < -0.3 is 24.4 Å². The zero-order valence-electron chi connectivity index (χ0n) is 15.7. The second-order valence-electron chi connectivity index (χ2n) is 6.00. The van der Waals surface area contributed by atoms with Crippen molar-refractivity contribution in [1.82, 2.24) is 10.2 Å². The smallest absolute Gasteiger partial charge is 0.223 e. The van der Waals surface area contributed by atoms with E-state index >= 15 is 0 Å². The summed E-state index contributed by atoms with van der Waals surface area (Å²) >= 11 is 1.91. The van der Waals surface area contributed by atoms with Crippen molar-refractivity contribution in [3.8, 4) is 17.2 Å². The molecule has 1 amide bonds. The van der Waals surface area contributed by atoms with Crippen LogP contribution in [0.4, 0.5) is 0 Å². The Bertz CT molecular complexity index is 534. The summed E-state index contributed by atoms with van der Waals surface area (Å²) in [5, 5.41) is 3.40. The summed E-state index contributed by atoms with van der Waals surface area (Å²) in [6, 6.07) is 5.75. The minimum atomic E-state index is 0. The van der Waals surface area contributed by atoms with Crippen LogP contribution in [0.15, 0.2) is 18.2 Å². The van der Waals surface area contributed by atoms with Crippen molar-refractivity contribution >= 4 is 30.1 Å². The summed E-state index contributed by atoms with van der Waals surface area (Å²) in [6.45, 7) is 2.20. The number of carbonyl (C=O) groups is 1. The summed E-state index contributed by atoms with van der Waals surface area (Å²) in [5.41, 5.74) is 0. The Kier molecular flexibility index (Phi) is 10.6. The van der Waals surface area contributed by atoms with Crippen molar-refractivity contribution in [3.05, 3.63) is 18.2 Å². The average Bonchev–Trinajstić information content (AvgIpc) is 2.65. The molecule has 0 radical (unpaired) electrons. The fourth-order valence-electron chi connectivity index (χ4n) is 2.60. The number of thioether (sulfide) groups is 1. The van der Waals surface area contributed by atoms with Crippen LogP contribution in [0.2, 0.25) is 0 Å². The van der Waals surface area contributed by atoms with Crippen molar-refractivity contribution in [3.63, 3.8) is 0 Å². The van der Waals surface area contributed by atoms with E-state index < -0.39 is 0 Å².